The Hall–Kier alpha value is -1.66. The molecule has 0 spiro atoms. The minimum atomic E-state index is -0.852. The van der Waals surface area contributed by atoms with Crippen molar-refractivity contribution in [2.45, 2.75) is 264 Å². The number of hydrogen-bond donors (Lipinski definition) is 3. The highest BCUT2D eigenvalue weighted by Crippen LogP contribution is 2.15. The number of rotatable bonds is 44. The SMILES string of the molecule is CCCCCCCCCCC/C=C/C(O)C(CO)NC(=O)CCCCCCCCC/C=C\CCCCCCOC(=O)CCCCCCCCCCCCCC. The van der Waals surface area contributed by atoms with E-state index >= 15 is 0 Å². The molecule has 2 atom stereocenters. The van der Waals surface area contributed by atoms with Crippen LogP contribution in [0.5, 0.6) is 0 Å². The number of aliphatic hydroxyl groups is 2. The van der Waals surface area contributed by atoms with Crippen molar-refractivity contribution >= 4 is 11.9 Å². The Bertz CT molecular complexity index is 858. The Balaban J connectivity index is 3.50. The first-order valence-corrected chi connectivity index (χ1v) is 24.1. The molecule has 0 fully saturated rings. The molecule has 0 bridgehead atoms. The van der Waals surface area contributed by atoms with E-state index in [9.17, 15) is 19.8 Å². The first-order valence-electron chi connectivity index (χ1n) is 24.1. The zero-order chi connectivity index (χ0) is 40.1. The van der Waals surface area contributed by atoms with Crippen LogP contribution in [0.3, 0.4) is 0 Å². The lowest BCUT2D eigenvalue weighted by Gasteiger charge is -2.20. The molecule has 0 heterocycles. The van der Waals surface area contributed by atoms with E-state index in [2.05, 4.69) is 31.3 Å². The van der Waals surface area contributed by atoms with E-state index < -0.39 is 12.1 Å². The Morgan fingerprint density at radius 3 is 1.29 bits per heavy atom. The molecule has 0 aliphatic carbocycles. The molecule has 0 aliphatic heterocycles. The Morgan fingerprint density at radius 2 is 0.855 bits per heavy atom. The predicted molar refractivity (Wildman–Crippen MR) is 236 cm³/mol. The molecule has 6 heteroatoms. The van der Waals surface area contributed by atoms with Gasteiger partial charge in [-0.1, -0.05) is 205 Å². The van der Waals surface area contributed by atoms with Gasteiger partial charge in [-0.3, -0.25) is 9.59 Å². The second-order valence-electron chi connectivity index (χ2n) is 16.4. The van der Waals surface area contributed by atoms with Gasteiger partial charge in [-0.2, -0.15) is 0 Å². The summed E-state index contributed by atoms with van der Waals surface area (Å²) in [6.07, 6.45) is 51.7. The van der Waals surface area contributed by atoms with Crippen molar-refractivity contribution in [3.05, 3.63) is 24.3 Å². The summed E-state index contributed by atoms with van der Waals surface area (Å²) in [5.74, 6) is -0.0964. The maximum absolute atomic E-state index is 12.4. The number of ether oxygens (including phenoxy) is 1. The first-order chi connectivity index (χ1) is 27.0. The van der Waals surface area contributed by atoms with E-state index in [1.807, 2.05) is 6.08 Å². The summed E-state index contributed by atoms with van der Waals surface area (Å²) < 4.78 is 5.44. The van der Waals surface area contributed by atoms with E-state index in [1.165, 1.54) is 154 Å². The average molecular weight is 776 g/mol. The van der Waals surface area contributed by atoms with Crippen molar-refractivity contribution in [2.24, 2.45) is 0 Å². The maximum Gasteiger partial charge on any atom is 0.305 e. The standard InChI is InChI=1S/C49H93NO5/c1-3-5-7-9-11-13-15-23-27-31-35-39-43-49(54)55-44-40-36-32-28-24-20-18-16-17-19-22-26-30-34-38-42-48(53)50-46(45-51)47(52)41-37-33-29-25-21-14-12-10-8-6-4-2/h18,20,37,41,46-47,51-52H,3-17,19,21-36,38-40,42-45H2,1-2H3,(H,50,53)/b20-18-,41-37+. The predicted octanol–water partition coefficient (Wildman–Crippen LogP) is 14.0. The lowest BCUT2D eigenvalue weighted by atomic mass is 10.0. The maximum atomic E-state index is 12.4. The van der Waals surface area contributed by atoms with Crippen LogP contribution in [0.2, 0.25) is 0 Å². The van der Waals surface area contributed by atoms with Gasteiger partial charge in [0.2, 0.25) is 5.91 Å². The molecule has 0 aromatic heterocycles. The van der Waals surface area contributed by atoms with Gasteiger partial charge >= 0.3 is 5.97 Å². The molecule has 3 N–H and O–H groups in total. The van der Waals surface area contributed by atoms with E-state index in [-0.39, 0.29) is 18.5 Å². The molecular formula is C49H93NO5. The fourth-order valence-electron chi connectivity index (χ4n) is 7.21. The lowest BCUT2D eigenvalue weighted by Crippen LogP contribution is -2.45. The van der Waals surface area contributed by atoms with Crippen molar-refractivity contribution in [2.75, 3.05) is 13.2 Å². The molecule has 55 heavy (non-hydrogen) atoms. The highest BCUT2D eigenvalue weighted by Gasteiger charge is 2.18. The van der Waals surface area contributed by atoms with Crippen LogP contribution in [-0.4, -0.2) is 47.4 Å². The quantitative estimate of drug-likeness (QED) is 0.0325. The first kappa shape index (κ1) is 53.3. The third kappa shape index (κ3) is 41.8. The average Bonchev–Trinajstić information content (AvgIpc) is 3.18. The smallest absolute Gasteiger partial charge is 0.305 e. The van der Waals surface area contributed by atoms with Gasteiger partial charge < -0.3 is 20.3 Å². The summed E-state index contributed by atoms with van der Waals surface area (Å²) in [5, 5.41) is 22.9. The van der Waals surface area contributed by atoms with Crippen molar-refractivity contribution in [3.63, 3.8) is 0 Å². The molecule has 2 unspecified atom stereocenters. The Morgan fingerprint density at radius 1 is 0.491 bits per heavy atom. The number of allylic oxidation sites excluding steroid dienone is 3. The molecule has 0 rings (SSSR count). The van der Waals surface area contributed by atoms with Crippen molar-refractivity contribution in [3.8, 4) is 0 Å². The van der Waals surface area contributed by atoms with Gasteiger partial charge in [0, 0.05) is 12.8 Å². The summed E-state index contributed by atoms with van der Waals surface area (Å²) in [6, 6.07) is -0.637. The van der Waals surface area contributed by atoms with Crippen LogP contribution in [0.25, 0.3) is 0 Å². The van der Waals surface area contributed by atoms with E-state index in [1.54, 1.807) is 6.08 Å². The molecule has 0 radical (unpaired) electrons. The number of hydrogen-bond acceptors (Lipinski definition) is 5. The summed E-state index contributed by atoms with van der Waals surface area (Å²) in [4.78, 5) is 24.3. The molecule has 1 amide bonds. The lowest BCUT2D eigenvalue weighted by molar-refractivity contribution is -0.143. The molecule has 324 valence electrons. The van der Waals surface area contributed by atoms with Gasteiger partial charge in [0.1, 0.15) is 0 Å². The van der Waals surface area contributed by atoms with E-state index in [4.69, 9.17) is 4.74 Å². The number of amides is 1. The minimum Gasteiger partial charge on any atom is -0.466 e. The second-order valence-corrected chi connectivity index (χ2v) is 16.4. The van der Waals surface area contributed by atoms with Crippen LogP contribution >= 0.6 is 0 Å². The van der Waals surface area contributed by atoms with Crippen LogP contribution in [-0.2, 0) is 14.3 Å². The van der Waals surface area contributed by atoms with Crippen molar-refractivity contribution < 1.29 is 24.5 Å². The summed E-state index contributed by atoms with van der Waals surface area (Å²) in [6.45, 7) is 4.84. The molecule has 0 aromatic carbocycles. The summed E-state index contributed by atoms with van der Waals surface area (Å²) in [5.41, 5.74) is 0. The fourth-order valence-corrected chi connectivity index (χ4v) is 7.21. The number of carbonyl (C=O) groups is 2. The van der Waals surface area contributed by atoms with Crippen LogP contribution in [0, 0.1) is 0 Å². The van der Waals surface area contributed by atoms with Crippen molar-refractivity contribution in [1.29, 1.82) is 0 Å². The number of unbranched alkanes of at least 4 members (excludes halogenated alkanes) is 31. The van der Waals surface area contributed by atoms with Gasteiger partial charge in [0.25, 0.3) is 0 Å². The zero-order valence-electron chi connectivity index (χ0n) is 36.7. The van der Waals surface area contributed by atoms with Gasteiger partial charge in [-0.25, -0.2) is 0 Å². The summed E-state index contributed by atoms with van der Waals surface area (Å²) in [7, 11) is 0. The van der Waals surface area contributed by atoms with Gasteiger partial charge in [0.15, 0.2) is 0 Å². The van der Waals surface area contributed by atoms with Crippen LogP contribution in [0.1, 0.15) is 251 Å². The Kier molecular flexibility index (Phi) is 43.7. The zero-order valence-corrected chi connectivity index (χ0v) is 36.7. The van der Waals surface area contributed by atoms with Gasteiger partial charge in [-0.05, 0) is 57.8 Å². The highest BCUT2D eigenvalue weighted by atomic mass is 16.5. The van der Waals surface area contributed by atoms with Crippen molar-refractivity contribution in [1.82, 2.24) is 5.32 Å². The monoisotopic (exact) mass is 776 g/mol. The van der Waals surface area contributed by atoms with Crippen LogP contribution in [0.4, 0.5) is 0 Å². The van der Waals surface area contributed by atoms with Gasteiger partial charge in [-0.15, -0.1) is 0 Å². The van der Waals surface area contributed by atoms with E-state index in [0.717, 1.165) is 70.6 Å². The Labute approximate surface area is 341 Å². The molecule has 6 nitrogen and oxygen atoms in total. The number of carbonyl (C=O) groups excluding carboxylic acids is 2. The molecule has 0 aromatic rings. The third-order valence-electron chi connectivity index (χ3n) is 11.0. The second kappa shape index (κ2) is 45.0. The van der Waals surface area contributed by atoms with Gasteiger partial charge in [0.05, 0.1) is 25.4 Å². The highest BCUT2D eigenvalue weighted by molar-refractivity contribution is 5.76. The summed E-state index contributed by atoms with van der Waals surface area (Å²) >= 11 is 0. The molecular weight excluding hydrogens is 683 g/mol. The topological polar surface area (TPSA) is 95.9 Å². The van der Waals surface area contributed by atoms with E-state index in [0.29, 0.717) is 19.4 Å². The number of esters is 1. The molecule has 0 aliphatic rings. The number of aliphatic hydroxyl groups excluding tert-OH is 2. The molecule has 0 saturated heterocycles. The molecule has 0 saturated carbocycles. The number of nitrogens with one attached hydrogen (secondary N) is 1. The van der Waals surface area contributed by atoms with Crippen LogP contribution in [0.15, 0.2) is 24.3 Å². The minimum absolute atomic E-state index is 0.0113. The fraction of sp³-hybridized carbons (Fsp3) is 0.878. The van der Waals surface area contributed by atoms with Crippen LogP contribution < -0.4 is 5.32 Å². The largest absolute Gasteiger partial charge is 0.466 e. The normalized spacial score (nSPS) is 12.9. The third-order valence-corrected chi connectivity index (χ3v) is 11.0.